The lowest BCUT2D eigenvalue weighted by molar-refractivity contribution is 0.0691. The number of ether oxygens (including phenoxy) is 1. The normalized spacial score (nSPS) is 15.0. The molecule has 0 atom stereocenters. The maximum absolute atomic E-state index is 11.4. The van der Waals surface area contributed by atoms with E-state index >= 15 is 0 Å². The fraction of sp³-hybridized carbons (Fsp3) is 0.308. The van der Waals surface area contributed by atoms with Crippen LogP contribution in [-0.4, -0.2) is 51.8 Å². The largest absolute Gasteiger partial charge is 0.491 e. The van der Waals surface area contributed by atoms with Crippen LogP contribution in [0, 0.1) is 0 Å². The van der Waals surface area contributed by atoms with Crippen LogP contribution in [0.1, 0.15) is 39.6 Å². The molecule has 6 nitrogen and oxygen atoms in total. The smallest absolute Gasteiger partial charge is 0.339 e. The van der Waals surface area contributed by atoms with E-state index < -0.39 is 5.97 Å². The van der Waals surface area contributed by atoms with Gasteiger partial charge in [0.05, 0.1) is 10.9 Å². The Labute approximate surface area is 217 Å². The van der Waals surface area contributed by atoms with Crippen molar-refractivity contribution in [3.05, 3.63) is 80.2 Å². The number of aromatic nitrogens is 2. The average Bonchev–Trinajstić information content (AvgIpc) is 3.43. The molecule has 1 aliphatic heterocycles. The number of benzene rings is 1. The number of rotatable bonds is 8. The van der Waals surface area contributed by atoms with Crippen LogP contribution >= 0.6 is 34.5 Å². The number of pyridine rings is 1. The van der Waals surface area contributed by atoms with E-state index in [2.05, 4.69) is 32.8 Å². The molecule has 0 bridgehead atoms. The van der Waals surface area contributed by atoms with Crippen molar-refractivity contribution in [2.45, 2.75) is 25.3 Å². The molecule has 35 heavy (non-hydrogen) atoms. The monoisotopic (exact) mass is 529 g/mol. The Kier molecular flexibility index (Phi) is 7.29. The van der Waals surface area contributed by atoms with Gasteiger partial charge in [0.15, 0.2) is 0 Å². The molecule has 1 fully saturated rings. The molecule has 4 heterocycles. The first kappa shape index (κ1) is 24.1. The number of hydrogen-bond acceptors (Lipinski definition) is 5. The van der Waals surface area contributed by atoms with Gasteiger partial charge in [-0.25, -0.2) is 9.78 Å². The number of nitrogens with zero attached hydrogens (tertiary/aromatic N) is 3. The van der Waals surface area contributed by atoms with Gasteiger partial charge < -0.3 is 14.4 Å². The fourth-order valence-electron chi connectivity index (χ4n) is 4.74. The Balaban J connectivity index is 1.21. The maximum Gasteiger partial charge on any atom is 0.339 e. The molecular weight excluding hydrogens is 505 g/mol. The molecule has 3 aromatic heterocycles. The molecule has 182 valence electrons. The summed E-state index contributed by atoms with van der Waals surface area (Å²) in [4.78, 5) is 19.7. The molecular formula is C26H25Cl2N3O3S. The van der Waals surface area contributed by atoms with Gasteiger partial charge in [0.2, 0.25) is 0 Å². The molecule has 9 heteroatoms. The van der Waals surface area contributed by atoms with Crippen molar-refractivity contribution in [2.75, 3.05) is 26.2 Å². The van der Waals surface area contributed by atoms with Crippen molar-refractivity contribution in [1.82, 2.24) is 14.5 Å². The summed E-state index contributed by atoms with van der Waals surface area (Å²) >= 11 is 13.8. The number of fused-ring (bicyclic) bond motifs is 1. The topological polar surface area (TPSA) is 67.6 Å². The van der Waals surface area contributed by atoms with Crippen LogP contribution in [-0.2, 0) is 6.54 Å². The van der Waals surface area contributed by atoms with Crippen LogP contribution in [0.15, 0.2) is 54.9 Å². The Hall–Kier alpha value is -2.58. The van der Waals surface area contributed by atoms with Crippen LogP contribution in [0.5, 0.6) is 5.75 Å². The van der Waals surface area contributed by atoms with Crippen LogP contribution in [0.4, 0.5) is 0 Å². The Morgan fingerprint density at radius 1 is 1.17 bits per heavy atom. The number of likely N-dealkylation sites (tertiary alicyclic amines) is 1. The van der Waals surface area contributed by atoms with Gasteiger partial charge in [0.1, 0.15) is 23.6 Å². The number of thiophene rings is 1. The highest BCUT2D eigenvalue weighted by Crippen LogP contribution is 2.35. The van der Waals surface area contributed by atoms with E-state index in [9.17, 15) is 9.90 Å². The van der Waals surface area contributed by atoms with Crippen molar-refractivity contribution < 1.29 is 14.6 Å². The Morgan fingerprint density at radius 2 is 2.00 bits per heavy atom. The minimum absolute atomic E-state index is 0.128. The lowest BCUT2D eigenvalue weighted by atomic mass is 9.89. The van der Waals surface area contributed by atoms with Gasteiger partial charge in [0, 0.05) is 34.2 Å². The number of carboxylic acid groups (broad SMARTS) is 1. The first-order valence-corrected chi connectivity index (χ1v) is 13.1. The predicted octanol–water partition coefficient (Wildman–Crippen LogP) is 6.41. The first-order valence-electron chi connectivity index (χ1n) is 11.5. The zero-order chi connectivity index (χ0) is 24.4. The number of carboxylic acids is 1. The van der Waals surface area contributed by atoms with Gasteiger partial charge in [-0.2, -0.15) is 0 Å². The van der Waals surface area contributed by atoms with Crippen molar-refractivity contribution in [3.63, 3.8) is 0 Å². The van der Waals surface area contributed by atoms with E-state index in [1.807, 2.05) is 18.3 Å². The standard InChI is InChI=1S/C26H25Cl2N3O3S/c27-18-3-5-21(26(32)33)23(14-18)34-13-12-30-10-7-17(8-11-30)22-16-31(15-19-4-6-24(28)35-19)25-20(22)2-1-9-29-25/h1-6,9,14,16-17H,7-8,10-13,15H2,(H,32,33). The SMILES string of the molecule is O=C(O)c1ccc(Cl)cc1OCCN1CCC(c2cn(Cc3ccc(Cl)s3)c3ncccc23)CC1. The van der Waals surface area contributed by atoms with Gasteiger partial charge in [0.25, 0.3) is 0 Å². The summed E-state index contributed by atoms with van der Waals surface area (Å²) in [6.45, 7) is 3.84. The van der Waals surface area contributed by atoms with Crippen LogP contribution in [0.2, 0.25) is 9.36 Å². The highest BCUT2D eigenvalue weighted by molar-refractivity contribution is 7.16. The van der Waals surface area contributed by atoms with E-state index in [0.29, 0.717) is 23.3 Å². The quantitative estimate of drug-likeness (QED) is 0.285. The molecule has 0 unspecified atom stereocenters. The van der Waals surface area contributed by atoms with Gasteiger partial charge >= 0.3 is 5.97 Å². The highest BCUT2D eigenvalue weighted by atomic mass is 35.5. The van der Waals surface area contributed by atoms with E-state index in [-0.39, 0.29) is 5.56 Å². The van der Waals surface area contributed by atoms with Crippen LogP contribution in [0.25, 0.3) is 11.0 Å². The van der Waals surface area contributed by atoms with Gasteiger partial charge in [-0.1, -0.05) is 23.2 Å². The summed E-state index contributed by atoms with van der Waals surface area (Å²) in [6, 6.07) is 12.8. The Morgan fingerprint density at radius 3 is 2.74 bits per heavy atom. The summed E-state index contributed by atoms with van der Waals surface area (Å²) in [5, 5.41) is 11.0. The van der Waals surface area contributed by atoms with E-state index in [0.717, 1.165) is 49.0 Å². The molecule has 1 aliphatic rings. The van der Waals surface area contributed by atoms with Crippen molar-refractivity contribution >= 4 is 51.5 Å². The van der Waals surface area contributed by atoms with E-state index in [4.69, 9.17) is 27.9 Å². The van der Waals surface area contributed by atoms with Gasteiger partial charge in [-0.05, 0) is 79.9 Å². The first-order chi connectivity index (χ1) is 17.0. The number of hydrogen-bond donors (Lipinski definition) is 1. The molecule has 0 spiro atoms. The minimum atomic E-state index is -1.02. The van der Waals surface area contributed by atoms with Crippen LogP contribution in [0.3, 0.4) is 0 Å². The minimum Gasteiger partial charge on any atom is -0.491 e. The third kappa shape index (κ3) is 5.48. The summed E-state index contributed by atoms with van der Waals surface area (Å²) < 4.78 is 8.82. The molecule has 1 N–H and O–H groups in total. The maximum atomic E-state index is 11.4. The second kappa shape index (κ2) is 10.6. The predicted molar refractivity (Wildman–Crippen MR) is 140 cm³/mol. The van der Waals surface area contributed by atoms with Gasteiger partial charge in [-0.3, -0.25) is 4.90 Å². The summed E-state index contributed by atoms with van der Waals surface area (Å²) in [5.74, 6) is -0.237. The van der Waals surface area contributed by atoms with Crippen molar-refractivity contribution in [2.24, 2.45) is 0 Å². The summed E-state index contributed by atoms with van der Waals surface area (Å²) in [7, 11) is 0. The molecule has 5 rings (SSSR count). The van der Waals surface area contributed by atoms with Crippen molar-refractivity contribution in [3.8, 4) is 5.75 Å². The number of halogens is 2. The van der Waals surface area contributed by atoms with Gasteiger partial charge in [-0.15, -0.1) is 11.3 Å². The lowest BCUT2D eigenvalue weighted by Gasteiger charge is -2.31. The fourth-order valence-corrected chi connectivity index (χ4v) is 5.99. The molecule has 0 aliphatic carbocycles. The molecule has 0 saturated carbocycles. The third-order valence-corrected chi connectivity index (χ3v) is 7.94. The third-order valence-electron chi connectivity index (χ3n) is 6.49. The molecule has 0 radical (unpaired) electrons. The van der Waals surface area contributed by atoms with E-state index in [1.54, 1.807) is 23.5 Å². The average molecular weight is 530 g/mol. The second-order valence-electron chi connectivity index (χ2n) is 8.70. The molecule has 0 amide bonds. The summed E-state index contributed by atoms with van der Waals surface area (Å²) in [5.41, 5.74) is 2.50. The zero-order valence-electron chi connectivity index (χ0n) is 19.0. The lowest BCUT2D eigenvalue weighted by Crippen LogP contribution is -2.35. The molecule has 1 saturated heterocycles. The highest BCUT2D eigenvalue weighted by Gasteiger charge is 2.24. The van der Waals surface area contributed by atoms with E-state index in [1.165, 1.54) is 21.9 Å². The van der Waals surface area contributed by atoms with Crippen molar-refractivity contribution in [1.29, 1.82) is 0 Å². The molecule has 1 aromatic carbocycles. The zero-order valence-corrected chi connectivity index (χ0v) is 21.3. The number of piperidine rings is 1. The second-order valence-corrected chi connectivity index (χ2v) is 10.9. The molecule has 4 aromatic rings. The Bertz CT molecular complexity index is 1340. The number of aromatic carboxylic acids is 1. The summed E-state index contributed by atoms with van der Waals surface area (Å²) in [6.07, 6.45) is 6.22. The number of carbonyl (C=O) groups is 1. The van der Waals surface area contributed by atoms with Crippen LogP contribution < -0.4 is 4.74 Å².